The monoisotopic (exact) mass is 264 g/mol. The summed E-state index contributed by atoms with van der Waals surface area (Å²) in [6, 6.07) is 6.02. The molecule has 0 radical (unpaired) electrons. The fourth-order valence-electron chi connectivity index (χ4n) is 1.53. The lowest BCUT2D eigenvalue weighted by molar-refractivity contribution is 0.100. The molecule has 0 unspecified atom stereocenters. The highest BCUT2D eigenvalue weighted by Crippen LogP contribution is 2.24. The first-order valence-corrected chi connectivity index (χ1v) is 5.67. The number of Topliss-reactive ketones (excluding diaryl/α,β-unsaturated/α-hetero) is 1. The summed E-state index contributed by atoms with van der Waals surface area (Å²) >= 11 is 5.72. The van der Waals surface area contributed by atoms with Gasteiger partial charge in [0.05, 0.1) is 10.7 Å². The number of carbonyl (C=O) groups is 1. The number of rotatable bonds is 2. The number of nitrogens with zero attached hydrogens (tertiary/aromatic N) is 2. The Balaban J connectivity index is 2.56. The second kappa shape index (κ2) is 4.82. The summed E-state index contributed by atoms with van der Waals surface area (Å²) in [5.41, 5.74) is 1.87. The normalized spacial score (nSPS) is 10.4. The van der Waals surface area contributed by atoms with Crippen molar-refractivity contribution in [2.45, 2.75) is 13.8 Å². The van der Waals surface area contributed by atoms with E-state index in [0.717, 1.165) is 0 Å². The smallest absolute Gasteiger partial charge is 0.196 e. The van der Waals surface area contributed by atoms with Crippen LogP contribution in [0.25, 0.3) is 11.3 Å². The molecule has 0 fully saturated rings. The minimum atomic E-state index is -0.488. The van der Waals surface area contributed by atoms with Crippen LogP contribution in [0.5, 0.6) is 0 Å². The lowest BCUT2D eigenvalue weighted by atomic mass is 10.1. The first-order chi connectivity index (χ1) is 8.47. The van der Waals surface area contributed by atoms with E-state index in [4.69, 9.17) is 11.6 Å². The highest BCUT2D eigenvalue weighted by Gasteiger charge is 2.09. The molecule has 0 aliphatic carbocycles. The zero-order chi connectivity index (χ0) is 13.3. The van der Waals surface area contributed by atoms with Gasteiger partial charge in [0, 0.05) is 18.2 Å². The molecule has 0 amide bonds. The van der Waals surface area contributed by atoms with Gasteiger partial charge in [-0.15, -0.1) is 0 Å². The van der Waals surface area contributed by atoms with Crippen molar-refractivity contribution in [1.82, 2.24) is 9.97 Å². The fraction of sp³-hybridized carbons (Fsp3) is 0.154. The molecule has 1 heterocycles. The largest absolute Gasteiger partial charge is 0.291 e. The molecule has 0 aliphatic rings. The standard InChI is InChI=1S/C13H10ClFN2O/c1-7-5-12(17-13(16-7)8(2)18)9-3-4-11(15)10(14)6-9/h3-6H,1-2H3. The van der Waals surface area contributed by atoms with E-state index in [0.29, 0.717) is 17.0 Å². The van der Waals surface area contributed by atoms with Gasteiger partial charge in [0.25, 0.3) is 0 Å². The van der Waals surface area contributed by atoms with Gasteiger partial charge in [-0.1, -0.05) is 11.6 Å². The number of benzene rings is 1. The van der Waals surface area contributed by atoms with E-state index in [2.05, 4.69) is 9.97 Å². The molecular formula is C13H10ClFN2O. The van der Waals surface area contributed by atoms with Crippen molar-refractivity contribution in [3.05, 3.63) is 46.6 Å². The summed E-state index contributed by atoms with van der Waals surface area (Å²) in [7, 11) is 0. The predicted octanol–water partition coefficient (Wildman–Crippen LogP) is 3.45. The number of aryl methyl sites for hydroxylation is 1. The second-order valence-electron chi connectivity index (χ2n) is 3.90. The van der Waals surface area contributed by atoms with Crippen LogP contribution in [0.4, 0.5) is 4.39 Å². The van der Waals surface area contributed by atoms with E-state index >= 15 is 0 Å². The van der Waals surface area contributed by atoms with Crippen molar-refractivity contribution in [3.63, 3.8) is 0 Å². The molecule has 0 bridgehead atoms. The maximum atomic E-state index is 13.1. The molecule has 92 valence electrons. The van der Waals surface area contributed by atoms with Crippen LogP contribution in [-0.2, 0) is 0 Å². The van der Waals surface area contributed by atoms with Crippen molar-refractivity contribution < 1.29 is 9.18 Å². The molecule has 2 rings (SSSR count). The maximum Gasteiger partial charge on any atom is 0.196 e. The molecule has 18 heavy (non-hydrogen) atoms. The van der Waals surface area contributed by atoms with Crippen LogP contribution in [0, 0.1) is 12.7 Å². The Kier molecular flexibility index (Phi) is 3.39. The number of hydrogen-bond acceptors (Lipinski definition) is 3. The Morgan fingerprint density at radius 3 is 2.61 bits per heavy atom. The highest BCUT2D eigenvalue weighted by molar-refractivity contribution is 6.31. The molecule has 5 heteroatoms. The first kappa shape index (κ1) is 12.6. The van der Waals surface area contributed by atoms with Crippen molar-refractivity contribution in [3.8, 4) is 11.3 Å². The van der Waals surface area contributed by atoms with E-state index in [1.165, 1.54) is 19.1 Å². The van der Waals surface area contributed by atoms with Crippen LogP contribution < -0.4 is 0 Å². The van der Waals surface area contributed by atoms with E-state index in [1.54, 1.807) is 19.1 Å². The highest BCUT2D eigenvalue weighted by atomic mass is 35.5. The molecular weight excluding hydrogens is 255 g/mol. The molecule has 3 nitrogen and oxygen atoms in total. The van der Waals surface area contributed by atoms with Gasteiger partial charge in [-0.2, -0.15) is 0 Å². The Bertz CT molecular complexity index is 628. The SMILES string of the molecule is CC(=O)c1nc(C)cc(-c2ccc(F)c(Cl)c2)n1. The lowest BCUT2D eigenvalue weighted by Gasteiger charge is -2.05. The average molecular weight is 265 g/mol. The third-order valence-corrected chi connectivity index (χ3v) is 2.67. The van der Waals surface area contributed by atoms with Crippen molar-refractivity contribution in [2.75, 3.05) is 0 Å². The topological polar surface area (TPSA) is 42.9 Å². The quantitative estimate of drug-likeness (QED) is 0.780. The zero-order valence-electron chi connectivity index (χ0n) is 9.87. The molecule has 0 saturated heterocycles. The van der Waals surface area contributed by atoms with Crippen molar-refractivity contribution in [1.29, 1.82) is 0 Å². The van der Waals surface area contributed by atoms with Gasteiger partial charge >= 0.3 is 0 Å². The van der Waals surface area contributed by atoms with Gasteiger partial charge in [-0.05, 0) is 31.2 Å². The maximum absolute atomic E-state index is 13.1. The van der Waals surface area contributed by atoms with E-state index in [1.807, 2.05) is 0 Å². The average Bonchev–Trinajstić information content (AvgIpc) is 2.31. The van der Waals surface area contributed by atoms with Crippen LogP contribution in [0.3, 0.4) is 0 Å². The summed E-state index contributed by atoms with van der Waals surface area (Å²) in [5.74, 6) is -0.559. The summed E-state index contributed by atoms with van der Waals surface area (Å²) in [5, 5.41) is 0.0214. The summed E-state index contributed by atoms with van der Waals surface area (Å²) in [4.78, 5) is 19.5. The Morgan fingerprint density at radius 2 is 2.00 bits per heavy atom. The van der Waals surface area contributed by atoms with Crippen molar-refractivity contribution in [2.24, 2.45) is 0 Å². The van der Waals surface area contributed by atoms with Crippen LogP contribution in [0.15, 0.2) is 24.3 Å². The van der Waals surface area contributed by atoms with Crippen LogP contribution in [0.1, 0.15) is 23.2 Å². The number of ketones is 1. The lowest BCUT2D eigenvalue weighted by Crippen LogP contribution is -2.03. The third-order valence-electron chi connectivity index (χ3n) is 2.38. The van der Waals surface area contributed by atoms with Gasteiger partial charge < -0.3 is 0 Å². The van der Waals surface area contributed by atoms with Gasteiger partial charge in [-0.3, -0.25) is 4.79 Å². The minimum Gasteiger partial charge on any atom is -0.291 e. The Hall–Kier alpha value is -1.81. The predicted molar refractivity (Wildman–Crippen MR) is 67.2 cm³/mol. The third kappa shape index (κ3) is 2.54. The molecule has 0 atom stereocenters. The Labute approximate surface area is 109 Å². The summed E-state index contributed by atoms with van der Waals surface area (Å²) in [6.07, 6.45) is 0. The number of hydrogen-bond donors (Lipinski definition) is 0. The molecule has 0 N–H and O–H groups in total. The molecule has 1 aromatic carbocycles. The van der Waals surface area contributed by atoms with Gasteiger partial charge in [0.15, 0.2) is 11.6 Å². The van der Waals surface area contributed by atoms with E-state index in [-0.39, 0.29) is 16.6 Å². The first-order valence-electron chi connectivity index (χ1n) is 5.29. The molecule has 1 aromatic heterocycles. The molecule has 0 spiro atoms. The van der Waals surface area contributed by atoms with E-state index < -0.39 is 5.82 Å². The van der Waals surface area contributed by atoms with Crippen LogP contribution in [0.2, 0.25) is 5.02 Å². The number of halogens is 2. The molecule has 0 saturated carbocycles. The fourth-order valence-corrected chi connectivity index (χ4v) is 1.71. The molecule has 0 aliphatic heterocycles. The summed E-state index contributed by atoms with van der Waals surface area (Å²) in [6.45, 7) is 3.17. The zero-order valence-corrected chi connectivity index (χ0v) is 10.6. The second-order valence-corrected chi connectivity index (χ2v) is 4.31. The molecule has 2 aromatic rings. The van der Waals surface area contributed by atoms with Gasteiger partial charge in [0.2, 0.25) is 0 Å². The van der Waals surface area contributed by atoms with E-state index in [9.17, 15) is 9.18 Å². The van der Waals surface area contributed by atoms with Crippen LogP contribution in [-0.4, -0.2) is 15.8 Å². The minimum absolute atomic E-state index is 0.0214. The summed E-state index contributed by atoms with van der Waals surface area (Å²) < 4.78 is 13.1. The van der Waals surface area contributed by atoms with Crippen LogP contribution >= 0.6 is 11.6 Å². The number of carbonyl (C=O) groups excluding carboxylic acids is 1. The Morgan fingerprint density at radius 1 is 1.28 bits per heavy atom. The van der Waals surface area contributed by atoms with Gasteiger partial charge in [-0.25, -0.2) is 14.4 Å². The van der Waals surface area contributed by atoms with Crippen molar-refractivity contribution >= 4 is 17.4 Å². The number of aromatic nitrogens is 2. The van der Waals surface area contributed by atoms with Gasteiger partial charge in [0.1, 0.15) is 5.82 Å².